The van der Waals surface area contributed by atoms with E-state index in [0.29, 0.717) is 5.56 Å². The maximum absolute atomic E-state index is 10.0. The van der Waals surface area contributed by atoms with Crippen LogP contribution in [0.2, 0.25) is 0 Å². The van der Waals surface area contributed by atoms with Crippen LogP contribution < -0.4 is 0 Å². The average Bonchev–Trinajstić information content (AvgIpc) is 2.86. The second-order valence-electron chi connectivity index (χ2n) is 3.77. The molecule has 2 unspecified atom stereocenters. The van der Waals surface area contributed by atoms with Crippen molar-refractivity contribution in [1.82, 2.24) is 0 Å². The van der Waals surface area contributed by atoms with Crippen LogP contribution in [0.3, 0.4) is 0 Å². The number of rotatable bonds is 1. The van der Waals surface area contributed by atoms with Crippen LogP contribution in [0.4, 0.5) is 0 Å². The zero-order valence-corrected chi connectivity index (χ0v) is 7.92. The van der Waals surface area contributed by atoms with Gasteiger partial charge in [0.1, 0.15) is 5.75 Å². The minimum absolute atomic E-state index is 0.133. The van der Waals surface area contributed by atoms with E-state index in [4.69, 9.17) is 4.74 Å². The number of ether oxygens (including phenoxy) is 1. The fourth-order valence-corrected chi connectivity index (χ4v) is 2.03. The summed E-state index contributed by atoms with van der Waals surface area (Å²) in [5, 5.41) is 19.7. The number of aromatic hydroxyl groups is 1. The lowest BCUT2D eigenvalue weighted by Gasteiger charge is -2.13. The number of fused-ring (bicyclic) bond motifs is 1. The molecule has 1 fully saturated rings. The number of allylic oxidation sites excluding steroid dienone is 2. The van der Waals surface area contributed by atoms with Crippen LogP contribution >= 0.6 is 0 Å². The number of phenolic OH excluding ortho intramolecular Hbond substituents is 1. The Kier molecular flexibility index (Phi) is 1.45. The van der Waals surface area contributed by atoms with Crippen LogP contribution in [0.15, 0.2) is 48.6 Å². The first kappa shape index (κ1) is 8.71. The van der Waals surface area contributed by atoms with Crippen LogP contribution in [-0.2, 0) is 10.3 Å². The Morgan fingerprint density at radius 2 is 1.80 bits per heavy atom. The Balaban J connectivity index is 2.14. The molecule has 15 heavy (non-hydrogen) atoms. The molecular weight excluding hydrogens is 192 g/mol. The second kappa shape index (κ2) is 2.51. The highest BCUT2D eigenvalue weighted by Gasteiger charge is 2.69. The SMILES string of the molecule is Oc1ccccc1C12C=CC=CC1(O)O2. The smallest absolute Gasteiger partial charge is 0.225 e. The summed E-state index contributed by atoms with van der Waals surface area (Å²) in [6.45, 7) is 0. The molecule has 0 radical (unpaired) electrons. The van der Waals surface area contributed by atoms with Gasteiger partial charge in [-0.25, -0.2) is 0 Å². The van der Waals surface area contributed by atoms with Crippen molar-refractivity contribution in [3.8, 4) is 5.75 Å². The molecule has 1 aromatic carbocycles. The largest absolute Gasteiger partial charge is 0.508 e. The minimum atomic E-state index is -1.29. The summed E-state index contributed by atoms with van der Waals surface area (Å²) in [6.07, 6.45) is 6.86. The quantitative estimate of drug-likeness (QED) is 0.677. The Bertz CT molecular complexity index is 478. The minimum Gasteiger partial charge on any atom is -0.508 e. The molecule has 0 amide bonds. The lowest BCUT2D eigenvalue weighted by atomic mass is 9.89. The molecule has 1 heterocycles. The zero-order chi connectivity index (χ0) is 10.5. The normalized spacial score (nSPS) is 36.3. The fourth-order valence-electron chi connectivity index (χ4n) is 2.03. The summed E-state index contributed by atoms with van der Waals surface area (Å²) < 4.78 is 5.34. The first-order chi connectivity index (χ1) is 7.18. The predicted octanol–water partition coefficient (Wildman–Crippen LogP) is 1.43. The average molecular weight is 202 g/mol. The van der Waals surface area contributed by atoms with Gasteiger partial charge in [-0.15, -0.1) is 0 Å². The molecule has 2 atom stereocenters. The monoisotopic (exact) mass is 202 g/mol. The molecule has 3 rings (SSSR count). The lowest BCUT2D eigenvalue weighted by molar-refractivity contribution is 0.0825. The van der Waals surface area contributed by atoms with Gasteiger partial charge in [0.2, 0.25) is 5.79 Å². The van der Waals surface area contributed by atoms with Crippen molar-refractivity contribution in [2.45, 2.75) is 11.4 Å². The molecule has 1 saturated heterocycles. The maximum Gasteiger partial charge on any atom is 0.225 e. The highest BCUT2D eigenvalue weighted by Crippen LogP contribution is 2.59. The second-order valence-corrected chi connectivity index (χ2v) is 3.77. The van der Waals surface area contributed by atoms with Gasteiger partial charge in [0, 0.05) is 5.56 Å². The number of para-hydroxylation sites is 1. The van der Waals surface area contributed by atoms with E-state index in [0.717, 1.165) is 0 Å². The van der Waals surface area contributed by atoms with E-state index in [2.05, 4.69) is 0 Å². The maximum atomic E-state index is 10.0. The molecule has 76 valence electrons. The number of benzene rings is 1. The van der Waals surface area contributed by atoms with Gasteiger partial charge in [0.25, 0.3) is 0 Å². The number of phenols is 1. The third-order valence-electron chi connectivity index (χ3n) is 2.88. The summed E-state index contributed by atoms with van der Waals surface area (Å²) in [7, 11) is 0. The molecule has 3 nitrogen and oxygen atoms in total. The fraction of sp³-hybridized carbons (Fsp3) is 0.167. The van der Waals surface area contributed by atoms with Crippen molar-refractivity contribution >= 4 is 0 Å². The molecule has 1 aliphatic heterocycles. The third kappa shape index (κ3) is 0.963. The van der Waals surface area contributed by atoms with Gasteiger partial charge in [-0.2, -0.15) is 0 Å². The number of hydrogen-bond donors (Lipinski definition) is 2. The van der Waals surface area contributed by atoms with Crippen molar-refractivity contribution in [3.63, 3.8) is 0 Å². The van der Waals surface area contributed by atoms with Gasteiger partial charge >= 0.3 is 0 Å². The Hall–Kier alpha value is -1.58. The van der Waals surface area contributed by atoms with Gasteiger partial charge in [-0.1, -0.05) is 30.4 Å². The van der Waals surface area contributed by atoms with Crippen LogP contribution in [-0.4, -0.2) is 16.0 Å². The van der Waals surface area contributed by atoms with Crippen LogP contribution in [0.5, 0.6) is 5.75 Å². The van der Waals surface area contributed by atoms with Gasteiger partial charge in [-0.3, -0.25) is 0 Å². The summed E-state index contributed by atoms with van der Waals surface area (Å²) in [4.78, 5) is 0. The van der Waals surface area contributed by atoms with E-state index in [9.17, 15) is 10.2 Å². The zero-order valence-electron chi connectivity index (χ0n) is 7.92. The predicted molar refractivity (Wildman–Crippen MR) is 54.1 cm³/mol. The molecule has 0 aromatic heterocycles. The van der Waals surface area contributed by atoms with Crippen molar-refractivity contribution in [2.75, 3.05) is 0 Å². The van der Waals surface area contributed by atoms with E-state index >= 15 is 0 Å². The topological polar surface area (TPSA) is 53.0 Å². The molecule has 1 aromatic rings. The number of epoxide rings is 1. The van der Waals surface area contributed by atoms with Crippen molar-refractivity contribution in [3.05, 3.63) is 54.1 Å². The first-order valence-corrected chi connectivity index (χ1v) is 4.76. The third-order valence-corrected chi connectivity index (χ3v) is 2.88. The van der Waals surface area contributed by atoms with Crippen molar-refractivity contribution in [2.24, 2.45) is 0 Å². The van der Waals surface area contributed by atoms with Crippen LogP contribution in [0.1, 0.15) is 5.56 Å². The Labute approximate surface area is 86.9 Å². The molecule has 0 spiro atoms. The molecule has 2 aliphatic rings. The first-order valence-electron chi connectivity index (χ1n) is 4.76. The van der Waals surface area contributed by atoms with Gasteiger partial charge in [0.05, 0.1) is 0 Å². The molecular formula is C12H10O3. The summed E-state index contributed by atoms with van der Waals surface area (Å²) in [5.41, 5.74) is -0.305. The molecule has 1 aliphatic carbocycles. The highest BCUT2D eigenvalue weighted by molar-refractivity contribution is 5.50. The summed E-state index contributed by atoms with van der Waals surface area (Å²) in [6, 6.07) is 6.87. The van der Waals surface area contributed by atoms with E-state index in [-0.39, 0.29) is 5.75 Å². The summed E-state index contributed by atoms with van der Waals surface area (Å²) in [5.74, 6) is -1.16. The van der Waals surface area contributed by atoms with E-state index < -0.39 is 11.4 Å². The van der Waals surface area contributed by atoms with Gasteiger partial charge < -0.3 is 14.9 Å². The standard InChI is InChI=1S/C12H10O3/c13-10-6-2-1-5-9(10)11-7-3-4-8-12(11,14)15-11/h1-8,13-14H. The van der Waals surface area contributed by atoms with E-state index in [1.165, 1.54) is 0 Å². The molecule has 0 saturated carbocycles. The molecule has 3 heteroatoms. The van der Waals surface area contributed by atoms with E-state index in [1.54, 1.807) is 48.6 Å². The van der Waals surface area contributed by atoms with Gasteiger partial charge in [-0.05, 0) is 18.2 Å². The number of hydrogen-bond acceptors (Lipinski definition) is 3. The number of aliphatic hydroxyl groups is 1. The van der Waals surface area contributed by atoms with Crippen LogP contribution in [0, 0.1) is 0 Å². The van der Waals surface area contributed by atoms with Crippen molar-refractivity contribution < 1.29 is 14.9 Å². The van der Waals surface area contributed by atoms with Gasteiger partial charge in [0.15, 0.2) is 5.60 Å². The van der Waals surface area contributed by atoms with Crippen molar-refractivity contribution in [1.29, 1.82) is 0 Å². The summed E-state index contributed by atoms with van der Waals surface area (Å²) >= 11 is 0. The molecule has 0 bridgehead atoms. The Morgan fingerprint density at radius 1 is 1.07 bits per heavy atom. The lowest BCUT2D eigenvalue weighted by Crippen LogP contribution is -2.21. The highest BCUT2D eigenvalue weighted by atomic mass is 16.7. The van der Waals surface area contributed by atoms with Crippen LogP contribution in [0.25, 0.3) is 0 Å². The van der Waals surface area contributed by atoms with E-state index in [1.807, 2.05) is 0 Å². The Morgan fingerprint density at radius 3 is 2.53 bits per heavy atom. The molecule has 2 N–H and O–H groups in total.